The molecule has 0 spiro atoms. The standard InChI is InChI=1S/C11H21N3O4/c1-6(2)4-8(11(17)18)14(9(15)5-12)10(16)7(3)13/h6-8H,4-5,12-13H2,1-3H3,(H,17,18). The van der Waals surface area contributed by atoms with Crippen molar-refractivity contribution in [1.29, 1.82) is 0 Å². The predicted octanol–water partition coefficient (Wildman–Crippen LogP) is -0.853. The van der Waals surface area contributed by atoms with Crippen LogP contribution in [-0.4, -0.2) is 46.4 Å². The number of carboxylic acid groups (broad SMARTS) is 1. The number of carboxylic acids is 1. The fraction of sp³-hybridized carbons (Fsp3) is 0.727. The molecule has 0 saturated carbocycles. The molecule has 0 aliphatic heterocycles. The van der Waals surface area contributed by atoms with Crippen LogP contribution in [-0.2, 0) is 14.4 Å². The van der Waals surface area contributed by atoms with Crippen molar-refractivity contribution in [3.05, 3.63) is 0 Å². The molecule has 0 saturated heterocycles. The third-order valence-electron chi connectivity index (χ3n) is 2.36. The zero-order valence-electron chi connectivity index (χ0n) is 10.9. The highest BCUT2D eigenvalue weighted by Crippen LogP contribution is 2.13. The lowest BCUT2D eigenvalue weighted by molar-refractivity contribution is -0.158. The van der Waals surface area contributed by atoms with E-state index in [9.17, 15) is 14.4 Å². The molecule has 0 fully saturated rings. The smallest absolute Gasteiger partial charge is 0.326 e. The van der Waals surface area contributed by atoms with Gasteiger partial charge in [-0.3, -0.25) is 14.5 Å². The molecular formula is C11H21N3O4. The summed E-state index contributed by atoms with van der Waals surface area (Å²) in [6, 6.07) is -2.17. The number of aliphatic carboxylic acids is 1. The van der Waals surface area contributed by atoms with E-state index in [2.05, 4.69) is 0 Å². The number of amides is 2. The highest BCUT2D eigenvalue weighted by Gasteiger charge is 2.35. The third-order valence-corrected chi connectivity index (χ3v) is 2.36. The van der Waals surface area contributed by atoms with E-state index in [0.29, 0.717) is 4.90 Å². The minimum Gasteiger partial charge on any atom is -0.480 e. The van der Waals surface area contributed by atoms with Crippen LogP contribution in [0.5, 0.6) is 0 Å². The number of nitrogens with two attached hydrogens (primary N) is 2. The maximum atomic E-state index is 11.8. The van der Waals surface area contributed by atoms with Crippen molar-refractivity contribution in [2.24, 2.45) is 17.4 Å². The van der Waals surface area contributed by atoms with Crippen LogP contribution in [0.3, 0.4) is 0 Å². The molecular weight excluding hydrogens is 238 g/mol. The molecule has 0 heterocycles. The van der Waals surface area contributed by atoms with Crippen molar-refractivity contribution in [1.82, 2.24) is 4.90 Å². The number of carbonyl (C=O) groups is 3. The first kappa shape index (κ1) is 16.5. The first-order valence-corrected chi connectivity index (χ1v) is 5.76. The average Bonchev–Trinajstić information content (AvgIpc) is 2.26. The number of nitrogens with zero attached hydrogens (tertiary/aromatic N) is 1. The fourth-order valence-corrected chi connectivity index (χ4v) is 1.53. The van der Waals surface area contributed by atoms with Crippen molar-refractivity contribution in [2.45, 2.75) is 39.3 Å². The Hall–Kier alpha value is -1.47. The Balaban J connectivity index is 5.30. The molecule has 2 atom stereocenters. The van der Waals surface area contributed by atoms with Gasteiger partial charge in [-0.15, -0.1) is 0 Å². The Morgan fingerprint density at radius 2 is 1.72 bits per heavy atom. The van der Waals surface area contributed by atoms with Gasteiger partial charge in [0.05, 0.1) is 12.6 Å². The zero-order valence-corrected chi connectivity index (χ0v) is 10.9. The Morgan fingerprint density at radius 3 is 2.00 bits per heavy atom. The first-order chi connectivity index (χ1) is 8.22. The third kappa shape index (κ3) is 4.42. The van der Waals surface area contributed by atoms with Gasteiger partial charge in [-0.1, -0.05) is 13.8 Å². The van der Waals surface area contributed by atoms with Gasteiger partial charge in [-0.2, -0.15) is 0 Å². The average molecular weight is 259 g/mol. The van der Waals surface area contributed by atoms with Crippen molar-refractivity contribution >= 4 is 17.8 Å². The summed E-state index contributed by atoms with van der Waals surface area (Å²) >= 11 is 0. The molecule has 0 aromatic carbocycles. The van der Waals surface area contributed by atoms with Gasteiger partial charge >= 0.3 is 5.97 Å². The second-order valence-electron chi connectivity index (χ2n) is 4.58. The number of imide groups is 1. The van der Waals surface area contributed by atoms with E-state index in [-0.39, 0.29) is 12.3 Å². The van der Waals surface area contributed by atoms with E-state index in [0.717, 1.165) is 0 Å². The van der Waals surface area contributed by atoms with Gasteiger partial charge in [-0.25, -0.2) is 4.79 Å². The van der Waals surface area contributed by atoms with Crippen LogP contribution in [0.1, 0.15) is 27.2 Å². The topological polar surface area (TPSA) is 127 Å². The molecule has 7 nitrogen and oxygen atoms in total. The Bertz CT molecular complexity index is 328. The van der Waals surface area contributed by atoms with E-state index < -0.39 is 36.4 Å². The van der Waals surface area contributed by atoms with E-state index in [1.807, 2.05) is 0 Å². The summed E-state index contributed by atoms with van der Waals surface area (Å²) < 4.78 is 0. The summed E-state index contributed by atoms with van der Waals surface area (Å²) in [6.45, 7) is 4.57. The molecule has 0 aliphatic carbocycles. The van der Waals surface area contributed by atoms with Gasteiger partial charge < -0.3 is 16.6 Å². The van der Waals surface area contributed by atoms with Crippen molar-refractivity contribution < 1.29 is 19.5 Å². The van der Waals surface area contributed by atoms with Crippen LogP contribution in [0.15, 0.2) is 0 Å². The minimum absolute atomic E-state index is 0.0139. The van der Waals surface area contributed by atoms with E-state index in [1.165, 1.54) is 6.92 Å². The summed E-state index contributed by atoms with van der Waals surface area (Å²) in [5.74, 6) is -2.68. The molecule has 0 rings (SSSR count). The molecule has 0 bridgehead atoms. The largest absolute Gasteiger partial charge is 0.480 e. The van der Waals surface area contributed by atoms with Gasteiger partial charge in [0, 0.05) is 0 Å². The normalized spacial score (nSPS) is 14.1. The lowest BCUT2D eigenvalue weighted by Gasteiger charge is -2.29. The second-order valence-corrected chi connectivity index (χ2v) is 4.58. The lowest BCUT2D eigenvalue weighted by atomic mass is 10.0. The highest BCUT2D eigenvalue weighted by atomic mass is 16.4. The molecule has 18 heavy (non-hydrogen) atoms. The SMILES string of the molecule is CC(C)CC(C(=O)O)N(C(=O)CN)C(=O)C(C)N. The van der Waals surface area contributed by atoms with Crippen molar-refractivity contribution in [2.75, 3.05) is 6.54 Å². The number of carbonyl (C=O) groups excluding carboxylic acids is 2. The summed E-state index contributed by atoms with van der Waals surface area (Å²) in [5, 5.41) is 9.14. The molecule has 0 radical (unpaired) electrons. The molecule has 104 valence electrons. The molecule has 0 aromatic rings. The molecule has 5 N–H and O–H groups in total. The highest BCUT2D eigenvalue weighted by molar-refractivity contribution is 6.01. The van der Waals surface area contributed by atoms with E-state index in [1.54, 1.807) is 13.8 Å². The fourth-order valence-electron chi connectivity index (χ4n) is 1.53. The van der Waals surface area contributed by atoms with Crippen LogP contribution >= 0.6 is 0 Å². The predicted molar refractivity (Wildman–Crippen MR) is 65.4 cm³/mol. The van der Waals surface area contributed by atoms with Crippen LogP contribution in [0, 0.1) is 5.92 Å². The summed E-state index contributed by atoms with van der Waals surface area (Å²) in [4.78, 5) is 35.3. The summed E-state index contributed by atoms with van der Waals surface area (Å²) in [7, 11) is 0. The molecule has 7 heteroatoms. The van der Waals surface area contributed by atoms with Crippen LogP contribution in [0.2, 0.25) is 0 Å². The maximum Gasteiger partial charge on any atom is 0.326 e. The van der Waals surface area contributed by atoms with E-state index >= 15 is 0 Å². The number of rotatable bonds is 6. The minimum atomic E-state index is -1.24. The van der Waals surface area contributed by atoms with Gasteiger partial charge in [0.1, 0.15) is 6.04 Å². The van der Waals surface area contributed by atoms with Crippen molar-refractivity contribution in [3.8, 4) is 0 Å². The van der Waals surface area contributed by atoms with Crippen LogP contribution in [0.4, 0.5) is 0 Å². The summed E-state index contributed by atoms with van der Waals surface area (Å²) in [6.07, 6.45) is 0.166. The van der Waals surface area contributed by atoms with Crippen LogP contribution in [0.25, 0.3) is 0 Å². The first-order valence-electron chi connectivity index (χ1n) is 5.76. The number of hydrogen-bond donors (Lipinski definition) is 3. The molecule has 2 unspecified atom stereocenters. The quantitative estimate of drug-likeness (QED) is 0.570. The van der Waals surface area contributed by atoms with Gasteiger partial charge in [0.2, 0.25) is 11.8 Å². The number of hydrogen-bond acceptors (Lipinski definition) is 5. The Kier molecular flexibility index (Phi) is 6.50. The van der Waals surface area contributed by atoms with Gasteiger partial charge in [0.25, 0.3) is 0 Å². The molecule has 0 aliphatic rings. The van der Waals surface area contributed by atoms with E-state index in [4.69, 9.17) is 16.6 Å². The maximum absolute atomic E-state index is 11.8. The molecule has 0 aromatic heterocycles. The lowest BCUT2D eigenvalue weighted by Crippen LogP contribution is -2.55. The Morgan fingerprint density at radius 1 is 1.22 bits per heavy atom. The van der Waals surface area contributed by atoms with Gasteiger partial charge in [0.15, 0.2) is 0 Å². The molecule has 2 amide bonds. The van der Waals surface area contributed by atoms with Gasteiger partial charge in [-0.05, 0) is 19.3 Å². The monoisotopic (exact) mass is 259 g/mol. The zero-order chi connectivity index (χ0) is 14.5. The second kappa shape index (κ2) is 7.07. The van der Waals surface area contributed by atoms with Crippen LogP contribution < -0.4 is 11.5 Å². The Labute approximate surface area is 106 Å². The van der Waals surface area contributed by atoms with Crippen molar-refractivity contribution in [3.63, 3.8) is 0 Å². The summed E-state index contributed by atoms with van der Waals surface area (Å²) in [5.41, 5.74) is 10.6.